The summed E-state index contributed by atoms with van der Waals surface area (Å²) in [5.74, 6) is -0.437. The average Bonchev–Trinajstić information content (AvgIpc) is 1.60. The molecule has 0 fully saturated rings. The number of carbonyl (C=O) groups is 1. The number of hydrogen-bond acceptors (Lipinski definition) is 2. The third-order valence-electron chi connectivity index (χ3n) is 0.875. The number of hydroxylamine groups is 3. The highest BCUT2D eigenvalue weighted by Crippen LogP contribution is 1.98. The molecule has 1 unspecified atom stereocenters. The first-order valence-electron chi connectivity index (χ1n) is 3.12. The van der Waals surface area contributed by atoms with E-state index in [4.69, 9.17) is 10.6 Å². The van der Waals surface area contributed by atoms with Gasteiger partial charge in [-0.3, -0.25) is 4.79 Å². The van der Waals surface area contributed by atoms with Gasteiger partial charge in [-0.25, -0.2) is 0 Å². The molecule has 2 N–H and O–H groups in total. The van der Waals surface area contributed by atoms with Gasteiger partial charge in [0.2, 0.25) is 0 Å². The molecule has 0 rings (SSSR count). The quantitative estimate of drug-likeness (QED) is 0.364. The number of quaternary nitrogens is 1. The van der Waals surface area contributed by atoms with Gasteiger partial charge in [-0.15, -0.1) is 0 Å². The Morgan fingerprint density at radius 1 is 1.45 bits per heavy atom. The molecule has 0 aliphatic carbocycles. The molecule has 0 aliphatic rings. The maximum Gasteiger partial charge on any atom is 0.252 e. The number of nitrogens with zero attached hydrogens (tertiary/aromatic N) is 1. The molecule has 0 aliphatic heterocycles. The van der Waals surface area contributed by atoms with Gasteiger partial charge in [-0.2, -0.15) is 9.48 Å². The van der Waals surface area contributed by atoms with E-state index in [0.29, 0.717) is 0 Å². The Balaban J connectivity index is 0. The Bertz CT molecular complexity index is 133. The Labute approximate surface area is 73.3 Å². The van der Waals surface area contributed by atoms with Crippen molar-refractivity contribution in [3.63, 3.8) is 0 Å². The van der Waals surface area contributed by atoms with Crippen molar-refractivity contribution in [2.24, 2.45) is 5.73 Å². The van der Waals surface area contributed by atoms with Crippen molar-refractivity contribution >= 4 is 5.91 Å². The minimum Gasteiger partial charge on any atom is -1.00 e. The Kier molecular flexibility index (Phi) is 5.48. The van der Waals surface area contributed by atoms with Crippen LogP contribution in [0.5, 0.6) is 0 Å². The molecule has 0 aromatic heterocycles. The summed E-state index contributed by atoms with van der Waals surface area (Å²) in [5, 5.41) is 0. The van der Waals surface area contributed by atoms with E-state index in [-0.39, 0.29) is 17.1 Å². The third kappa shape index (κ3) is 7.58. The molecule has 1 amide bonds. The van der Waals surface area contributed by atoms with E-state index in [1.165, 1.54) is 0 Å². The molecule has 0 saturated carbocycles. The van der Waals surface area contributed by atoms with Crippen LogP contribution in [0.1, 0.15) is 6.92 Å². The molecule has 0 spiro atoms. The van der Waals surface area contributed by atoms with Crippen LogP contribution < -0.4 is 18.1 Å². The number of hydrogen-bond donors (Lipinski definition) is 1. The summed E-state index contributed by atoms with van der Waals surface area (Å²) in [4.78, 5) is 15.6. The van der Waals surface area contributed by atoms with Crippen LogP contribution in [0.2, 0.25) is 0 Å². The van der Waals surface area contributed by atoms with Crippen LogP contribution in [0.25, 0.3) is 0 Å². The maximum atomic E-state index is 10.5. The lowest BCUT2D eigenvalue weighted by Crippen LogP contribution is -3.00. The van der Waals surface area contributed by atoms with Crippen LogP contribution in [-0.2, 0) is 9.63 Å². The number of rotatable bonds is 3. The number of carbonyl (C=O) groups excluding carboxylic acids is 1. The number of primary amides is 1. The molecule has 4 nitrogen and oxygen atoms in total. The lowest BCUT2D eigenvalue weighted by molar-refractivity contribution is -1.06. The van der Waals surface area contributed by atoms with Crippen molar-refractivity contribution in [2.75, 3.05) is 21.1 Å². The van der Waals surface area contributed by atoms with Gasteiger partial charge in [0.25, 0.3) is 5.91 Å². The zero-order chi connectivity index (χ0) is 8.36. The molecule has 0 bridgehead atoms. The van der Waals surface area contributed by atoms with Gasteiger partial charge in [0, 0.05) is 0 Å². The van der Waals surface area contributed by atoms with E-state index < -0.39 is 12.0 Å². The second kappa shape index (κ2) is 4.54. The highest BCUT2D eigenvalue weighted by molar-refractivity contribution is 5.78. The van der Waals surface area contributed by atoms with Gasteiger partial charge < -0.3 is 18.1 Å². The van der Waals surface area contributed by atoms with E-state index in [1.807, 2.05) is 21.1 Å². The monoisotopic (exact) mass is 182 g/mol. The summed E-state index contributed by atoms with van der Waals surface area (Å²) < 4.78 is 0.282. The van der Waals surface area contributed by atoms with Crippen LogP contribution in [0.15, 0.2) is 0 Å². The SMILES string of the molecule is CC(O[N+](C)(C)C)C(N)=O.[Cl-]. The van der Waals surface area contributed by atoms with Crippen molar-refractivity contribution in [1.82, 2.24) is 0 Å². The van der Waals surface area contributed by atoms with Crippen LogP contribution >= 0.6 is 0 Å². The van der Waals surface area contributed by atoms with E-state index in [9.17, 15) is 4.79 Å². The zero-order valence-electron chi connectivity index (χ0n) is 7.30. The summed E-state index contributed by atoms with van der Waals surface area (Å²) in [5.41, 5.74) is 4.97. The van der Waals surface area contributed by atoms with E-state index in [0.717, 1.165) is 0 Å². The molecule has 68 valence electrons. The fourth-order valence-corrected chi connectivity index (χ4v) is 0.526. The normalized spacial score (nSPS) is 13.5. The largest absolute Gasteiger partial charge is 1.00 e. The van der Waals surface area contributed by atoms with Crippen LogP contribution in [0.3, 0.4) is 0 Å². The second-order valence-corrected chi connectivity index (χ2v) is 3.04. The molecule has 0 aromatic carbocycles. The fraction of sp³-hybridized carbons (Fsp3) is 0.833. The molecule has 11 heavy (non-hydrogen) atoms. The Morgan fingerprint density at radius 3 is 1.91 bits per heavy atom. The van der Waals surface area contributed by atoms with Gasteiger partial charge in [0.15, 0.2) is 6.10 Å². The van der Waals surface area contributed by atoms with Crippen molar-refractivity contribution < 1.29 is 26.7 Å². The topological polar surface area (TPSA) is 52.3 Å². The van der Waals surface area contributed by atoms with Crippen LogP contribution in [0, 0.1) is 0 Å². The van der Waals surface area contributed by atoms with Crippen molar-refractivity contribution in [3.8, 4) is 0 Å². The fourth-order valence-electron chi connectivity index (χ4n) is 0.526. The minimum absolute atomic E-state index is 0. The minimum atomic E-state index is -0.528. The summed E-state index contributed by atoms with van der Waals surface area (Å²) in [6.45, 7) is 1.63. The molecule has 0 saturated heterocycles. The molecular weight excluding hydrogens is 168 g/mol. The first-order valence-corrected chi connectivity index (χ1v) is 3.12. The first-order chi connectivity index (χ1) is 4.33. The van der Waals surface area contributed by atoms with Crippen LogP contribution in [-0.4, -0.2) is 37.8 Å². The molecule has 0 radical (unpaired) electrons. The summed E-state index contributed by atoms with van der Waals surface area (Å²) >= 11 is 0. The predicted molar refractivity (Wildman–Crippen MR) is 37.8 cm³/mol. The van der Waals surface area contributed by atoms with Crippen molar-refractivity contribution in [1.29, 1.82) is 0 Å². The lowest BCUT2D eigenvalue weighted by atomic mass is 10.4. The summed E-state index contributed by atoms with van der Waals surface area (Å²) in [6, 6.07) is 0. The van der Waals surface area contributed by atoms with E-state index in [1.54, 1.807) is 6.92 Å². The molecule has 1 atom stereocenters. The standard InChI is InChI=1S/C6H14N2O2.ClH/c1-5(6(7)9)10-8(2,3)4;/h5H,1-4H3,(H-,7,9);1H. The highest BCUT2D eigenvalue weighted by Gasteiger charge is 2.18. The van der Waals surface area contributed by atoms with Gasteiger partial charge in [0.1, 0.15) is 0 Å². The van der Waals surface area contributed by atoms with Gasteiger partial charge >= 0.3 is 0 Å². The lowest BCUT2D eigenvalue weighted by Gasteiger charge is -2.23. The van der Waals surface area contributed by atoms with Crippen molar-refractivity contribution in [3.05, 3.63) is 0 Å². The molecule has 0 heterocycles. The average molecular weight is 183 g/mol. The highest BCUT2D eigenvalue weighted by atomic mass is 35.5. The maximum absolute atomic E-state index is 10.5. The smallest absolute Gasteiger partial charge is 0.252 e. The number of nitrogens with two attached hydrogens (primary N) is 1. The van der Waals surface area contributed by atoms with E-state index in [2.05, 4.69) is 0 Å². The predicted octanol–water partition coefficient (Wildman–Crippen LogP) is -3.50. The van der Waals surface area contributed by atoms with Crippen LogP contribution in [0.4, 0.5) is 0 Å². The Morgan fingerprint density at radius 2 is 1.82 bits per heavy atom. The summed E-state index contributed by atoms with van der Waals surface area (Å²) in [6.07, 6.45) is -0.528. The number of halogens is 1. The van der Waals surface area contributed by atoms with Crippen molar-refractivity contribution in [2.45, 2.75) is 13.0 Å². The van der Waals surface area contributed by atoms with Gasteiger partial charge in [-0.05, 0) is 6.92 Å². The van der Waals surface area contributed by atoms with E-state index >= 15 is 0 Å². The molecule has 0 aromatic rings. The molecule has 5 heteroatoms. The Hall–Kier alpha value is -0.320. The second-order valence-electron chi connectivity index (χ2n) is 3.04. The van der Waals surface area contributed by atoms with Gasteiger partial charge in [-0.1, -0.05) is 0 Å². The van der Waals surface area contributed by atoms with Gasteiger partial charge in [0.05, 0.1) is 21.1 Å². The summed E-state index contributed by atoms with van der Waals surface area (Å²) in [7, 11) is 5.46. The zero-order valence-corrected chi connectivity index (χ0v) is 8.05. The third-order valence-corrected chi connectivity index (χ3v) is 0.875. The first kappa shape index (κ1) is 13.3. The molecular formula is C6H15ClN2O2. The number of amides is 1.